The third kappa shape index (κ3) is 1.90. The van der Waals surface area contributed by atoms with E-state index in [9.17, 15) is 9.59 Å². The molecule has 0 saturated carbocycles. The summed E-state index contributed by atoms with van der Waals surface area (Å²) in [6, 6.07) is 5.53. The van der Waals surface area contributed by atoms with Gasteiger partial charge in [0.25, 0.3) is 0 Å². The molecule has 1 aromatic carbocycles. The third-order valence-corrected chi connectivity index (χ3v) is 2.41. The van der Waals surface area contributed by atoms with Crippen LogP contribution in [0.4, 0.5) is 0 Å². The van der Waals surface area contributed by atoms with Crippen LogP contribution in [0.15, 0.2) is 27.4 Å². The Kier molecular flexibility index (Phi) is 2.87. The first-order chi connectivity index (χ1) is 7.72. The molecule has 0 fully saturated rings. The first-order valence-corrected chi connectivity index (χ1v) is 4.95. The molecule has 0 unspecified atom stereocenters. The summed E-state index contributed by atoms with van der Waals surface area (Å²) in [5.41, 5.74) is 2.31. The molecule has 2 aromatic rings. The number of aromatic nitrogens is 1. The number of hydrogen-bond donors (Lipinski definition) is 1. The van der Waals surface area contributed by atoms with E-state index in [-0.39, 0.29) is 5.76 Å². The normalized spacial score (nSPS) is 10.8. The minimum atomic E-state index is -0.368. The topological polar surface area (TPSA) is 64.2 Å². The molecular weight excluding hydrogens is 208 g/mol. The van der Waals surface area contributed by atoms with Gasteiger partial charge in [0.15, 0.2) is 5.58 Å². The summed E-state index contributed by atoms with van der Waals surface area (Å²) in [5, 5.41) is 2.94. The quantitative estimate of drug-likeness (QED) is 0.599. The van der Waals surface area contributed by atoms with Crippen LogP contribution >= 0.6 is 0 Å². The maximum atomic E-state index is 11.2. The summed E-state index contributed by atoms with van der Waals surface area (Å²) in [6.07, 6.45) is 0.807. The second-order valence-electron chi connectivity index (χ2n) is 3.53. The molecule has 5 heteroatoms. The number of aldehydes is 1. The lowest BCUT2D eigenvalue weighted by Crippen LogP contribution is -2.15. The molecule has 16 heavy (non-hydrogen) atoms. The van der Waals surface area contributed by atoms with Crippen molar-refractivity contribution in [3.05, 3.63) is 34.3 Å². The first-order valence-electron chi connectivity index (χ1n) is 4.95. The molecule has 0 saturated heterocycles. The largest absolute Gasteiger partial charge is 0.419 e. The molecule has 0 radical (unpaired) electrons. The van der Waals surface area contributed by atoms with Gasteiger partial charge in [0.1, 0.15) is 6.29 Å². The van der Waals surface area contributed by atoms with E-state index >= 15 is 0 Å². The Balaban J connectivity index is 2.30. The summed E-state index contributed by atoms with van der Waals surface area (Å²) < 4.78 is 6.51. The Morgan fingerprint density at radius 3 is 3.06 bits per heavy atom. The minimum Gasteiger partial charge on any atom is -0.408 e. The molecule has 0 aliphatic carbocycles. The van der Waals surface area contributed by atoms with Crippen molar-refractivity contribution in [2.45, 2.75) is 6.54 Å². The second kappa shape index (κ2) is 4.32. The summed E-state index contributed by atoms with van der Waals surface area (Å²) in [4.78, 5) is 21.4. The van der Waals surface area contributed by atoms with Crippen LogP contribution in [0, 0.1) is 0 Å². The van der Waals surface area contributed by atoms with Crippen molar-refractivity contribution < 1.29 is 9.21 Å². The highest BCUT2D eigenvalue weighted by atomic mass is 16.4. The molecule has 84 valence electrons. The van der Waals surface area contributed by atoms with Crippen LogP contribution in [0.1, 0.15) is 5.56 Å². The zero-order valence-corrected chi connectivity index (χ0v) is 8.90. The van der Waals surface area contributed by atoms with Gasteiger partial charge in [-0.25, -0.2) is 4.79 Å². The van der Waals surface area contributed by atoms with Crippen molar-refractivity contribution >= 4 is 17.4 Å². The van der Waals surface area contributed by atoms with Crippen LogP contribution in [-0.2, 0) is 18.4 Å². The summed E-state index contributed by atoms with van der Waals surface area (Å²) in [6.45, 7) is 0.893. The predicted octanol–water partition coefficient (Wildman–Crippen LogP) is 0.420. The Hall–Kier alpha value is -1.88. The molecular formula is C11H12N2O3. The van der Waals surface area contributed by atoms with E-state index in [0.29, 0.717) is 18.7 Å². The number of fused-ring (bicyclic) bond motifs is 1. The van der Waals surface area contributed by atoms with Crippen molar-refractivity contribution in [3.63, 3.8) is 0 Å². The predicted molar refractivity (Wildman–Crippen MR) is 59.2 cm³/mol. The third-order valence-electron chi connectivity index (χ3n) is 2.41. The van der Waals surface area contributed by atoms with Gasteiger partial charge in [-0.2, -0.15) is 0 Å². The highest BCUT2D eigenvalue weighted by Gasteiger charge is 2.05. The molecule has 1 aromatic heterocycles. The number of nitrogens with zero attached hydrogens (tertiary/aromatic N) is 1. The number of carbonyl (C=O) groups is 1. The smallest absolute Gasteiger partial charge is 0.408 e. The molecule has 1 heterocycles. The zero-order valence-electron chi connectivity index (χ0n) is 8.90. The molecule has 0 spiro atoms. The Bertz CT molecular complexity index is 568. The number of hydrogen-bond acceptors (Lipinski definition) is 4. The number of rotatable bonds is 4. The van der Waals surface area contributed by atoms with Crippen molar-refractivity contribution in [1.29, 1.82) is 0 Å². The number of benzene rings is 1. The van der Waals surface area contributed by atoms with Gasteiger partial charge < -0.3 is 14.5 Å². The second-order valence-corrected chi connectivity index (χ2v) is 3.53. The van der Waals surface area contributed by atoms with E-state index in [0.717, 1.165) is 17.4 Å². The van der Waals surface area contributed by atoms with E-state index in [1.807, 2.05) is 12.1 Å². The van der Waals surface area contributed by atoms with Crippen LogP contribution in [-0.4, -0.2) is 17.4 Å². The fraction of sp³-hybridized carbons (Fsp3) is 0.273. The van der Waals surface area contributed by atoms with Gasteiger partial charge in [0.05, 0.1) is 12.1 Å². The maximum Gasteiger partial charge on any atom is 0.419 e. The summed E-state index contributed by atoms with van der Waals surface area (Å²) >= 11 is 0. The van der Waals surface area contributed by atoms with E-state index in [1.165, 1.54) is 4.57 Å². The minimum absolute atomic E-state index is 0.316. The van der Waals surface area contributed by atoms with Gasteiger partial charge in [-0.05, 0) is 17.7 Å². The number of nitrogens with one attached hydrogen (secondary N) is 1. The monoisotopic (exact) mass is 220 g/mol. The lowest BCUT2D eigenvalue weighted by Gasteiger charge is -2.00. The van der Waals surface area contributed by atoms with Gasteiger partial charge in [-0.1, -0.05) is 6.07 Å². The first kappa shape index (κ1) is 10.6. The molecule has 2 rings (SSSR count). The van der Waals surface area contributed by atoms with Crippen LogP contribution in [0.2, 0.25) is 0 Å². The van der Waals surface area contributed by atoms with Crippen LogP contribution in [0.25, 0.3) is 11.1 Å². The number of carbonyl (C=O) groups excluding carboxylic acids is 1. The summed E-state index contributed by atoms with van der Waals surface area (Å²) in [7, 11) is 1.67. The lowest BCUT2D eigenvalue weighted by atomic mass is 10.2. The highest BCUT2D eigenvalue weighted by Crippen LogP contribution is 2.13. The van der Waals surface area contributed by atoms with Crippen molar-refractivity contribution in [1.82, 2.24) is 9.88 Å². The van der Waals surface area contributed by atoms with Crippen molar-refractivity contribution in [2.24, 2.45) is 7.05 Å². The lowest BCUT2D eigenvalue weighted by molar-refractivity contribution is -0.107. The van der Waals surface area contributed by atoms with E-state index in [1.54, 1.807) is 13.1 Å². The average molecular weight is 220 g/mol. The van der Waals surface area contributed by atoms with Crippen LogP contribution < -0.4 is 11.1 Å². The fourth-order valence-corrected chi connectivity index (χ4v) is 1.56. The van der Waals surface area contributed by atoms with Gasteiger partial charge in [-0.15, -0.1) is 0 Å². The summed E-state index contributed by atoms with van der Waals surface area (Å²) in [5.74, 6) is -0.368. The SMILES string of the molecule is Cn1c(=O)oc2cc(CNCC=O)ccc21. The Labute approximate surface area is 91.7 Å². The molecule has 0 aliphatic heterocycles. The van der Waals surface area contributed by atoms with E-state index in [2.05, 4.69) is 5.32 Å². The van der Waals surface area contributed by atoms with Crippen LogP contribution in [0.5, 0.6) is 0 Å². The van der Waals surface area contributed by atoms with Gasteiger partial charge in [0, 0.05) is 13.6 Å². The van der Waals surface area contributed by atoms with Gasteiger partial charge >= 0.3 is 5.76 Å². The molecule has 0 bridgehead atoms. The number of aryl methyl sites for hydroxylation is 1. The average Bonchev–Trinajstić information content (AvgIpc) is 2.55. The van der Waals surface area contributed by atoms with E-state index in [4.69, 9.17) is 4.42 Å². The highest BCUT2D eigenvalue weighted by molar-refractivity contribution is 5.73. The fourth-order valence-electron chi connectivity index (χ4n) is 1.56. The molecule has 5 nitrogen and oxygen atoms in total. The zero-order chi connectivity index (χ0) is 11.5. The van der Waals surface area contributed by atoms with Gasteiger partial charge in [0.2, 0.25) is 0 Å². The van der Waals surface area contributed by atoms with Crippen molar-refractivity contribution in [3.8, 4) is 0 Å². The molecule has 0 aliphatic rings. The molecule has 0 amide bonds. The standard InChI is InChI=1S/C11H12N2O3/c1-13-9-3-2-8(7-12-4-5-14)6-10(9)16-11(13)15/h2-3,5-6,12H,4,7H2,1H3. The Morgan fingerprint density at radius 2 is 2.31 bits per heavy atom. The Morgan fingerprint density at radius 1 is 1.50 bits per heavy atom. The van der Waals surface area contributed by atoms with Crippen molar-refractivity contribution in [2.75, 3.05) is 6.54 Å². The van der Waals surface area contributed by atoms with E-state index < -0.39 is 0 Å². The molecule has 0 atom stereocenters. The maximum absolute atomic E-state index is 11.2. The number of oxazole rings is 1. The van der Waals surface area contributed by atoms with Crippen LogP contribution in [0.3, 0.4) is 0 Å². The van der Waals surface area contributed by atoms with Gasteiger partial charge in [-0.3, -0.25) is 4.57 Å². The molecule has 1 N–H and O–H groups in total.